The summed E-state index contributed by atoms with van der Waals surface area (Å²) in [7, 11) is -4.90. The predicted octanol–water partition coefficient (Wildman–Crippen LogP) is 4.06. The van der Waals surface area contributed by atoms with Crippen molar-refractivity contribution < 1.29 is 21.6 Å². The molecule has 0 N–H and O–H groups in total. The van der Waals surface area contributed by atoms with Crippen LogP contribution in [0.1, 0.15) is 58.3 Å². The first-order valence-electron chi connectivity index (χ1n) is 6.10. The molecule has 0 aromatic rings. The van der Waals surface area contributed by atoms with Gasteiger partial charge in [0.15, 0.2) is 0 Å². The van der Waals surface area contributed by atoms with Crippen LogP contribution < -0.4 is 0 Å². The van der Waals surface area contributed by atoms with Crippen LogP contribution in [-0.2, 0) is 9.84 Å². The Morgan fingerprint density at radius 3 is 1.65 bits per heavy atom. The van der Waals surface area contributed by atoms with Crippen LogP contribution in [-0.4, -0.2) is 19.7 Å². The van der Waals surface area contributed by atoms with Crippen molar-refractivity contribution in [1.82, 2.24) is 0 Å². The van der Waals surface area contributed by atoms with Crippen LogP contribution in [0.4, 0.5) is 13.2 Å². The molecule has 0 aromatic heterocycles. The summed E-state index contributed by atoms with van der Waals surface area (Å²) in [6, 6.07) is 0. The van der Waals surface area contributed by atoms with Crippen molar-refractivity contribution in [2.24, 2.45) is 0 Å². The Morgan fingerprint density at radius 1 is 0.824 bits per heavy atom. The first-order valence-corrected chi connectivity index (χ1v) is 7.75. The quantitative estimate of drug-likeness (QED) is 0.594. The third-order valence-corrected chi connectivity index (χ3v) is 4.15. The molecule has 0 aromatic carbocycles. The minimum atomic E-state index is -5.09. The topological polar surface area (TPSA) is 34.1 Å². The molecule has 17 heavy (non-hydrogen) atoms. The zero-order valence-electron chi connectivity index (χ0n) is 10.2. The lowest BCUT2D eigenvalue weighted by Gasteiger charge is -2.07. The van der Waals surface area contributed by atoms with Gasteiger partial charge in [-0.05, 0) is 6.42 Å². The van der Waals surface area contributed by atoms with Gasteiger partial charge < -0.3 is 0 Å². The van der Waals surface area contributed by atoms with Gasteiger partial charge in [-0.15, -0.1) is 0 Å². The highest BCUT2D eigenvalue weighted by molar-refractivity contribution is 7.92. The molecule has 0 saturated heterocycles. The molecule has 2 nitrogen and oxygen atoms in total. The Labute approximate surface area is 102 Å². The van der Waals surface area contributed by atoms with Gasteiger partial charge in [-0.1, -0.05) is 51.9 Å². The van der Waals surface area contributed by atoms with Gasteiger partial charge in [-0.3, -0.25) is 0 Å². The van der Waals surface area contributed by atoms with Crippen molar-refractivity contribution >= 4 is 9.84 Å². The number of sulfone groups is 1. The predicted molar refractivity (Wildman–Crippen MR) is 62.5 cm³/mol. The normalized spacial score (nSPS) is 12.9. The Hall–Kier alpha value is -0.260. The van der Waals surface area contributed by atoms with E-state index in [2.05, 4.69) is 6.92 Å². The number of hydrogen-bond donors (Lipinski definition) is 0. The van der Waals surface area contributed by atoms with Crippen molar-refractivity contribution in [1.29, 1.82) is 0 Å². The molecule has 0 aliphatic heterocycles. The molecule has 0 unspecified atom stereocenters. The van der Waals surface area contributed by atoms with E-state index in [-0.39, 0.29) is 6.42 Å². The molecule has 0 amide bonds. The minimum Gasteiger partial charge on any atom is -0.220 e. The molecular formula is C11H21F3O2S. The van der Waals surface area contributed by atoms with Gasteiger partial charge in [-0.2, -0.15) is 13.2 Å². The number of rotatable bonds is 9. The molecule has 0 heterocycles. The summed E-state index contributed by atoms with van der Waals surface area (Å²) in [5, 5.41) is 0. The lowest BCUT2D eigenvalue weighted by atomic mass is 10.1. The van der Waals surface area contributed by atoms with Crippen LogP contribution in [0.3, 0.4) is 0 Å². The van der Waals surface area contributed by atoms with Gasteiger partial charge in [0, 0.05) is 0 Å². The summed E-state index contributed by atoms with van der Waals surface area (Å²) < 4.78 is 57.3. The molecule has 0 bridgehead atoms. The monoisotopic (exact) mass is 274 g/mol. The maximum absolute atomic E-state index is 12.0. The fourth-order valence-electron chi connectivity index (χ4n) is 1.54. The van der Waals surface area contributed by atoms with Crippen LogP contribution in [0.25, 0.3) is 0 Å². The maximum atomic E-state index is 12.0. The van der Waals surface area contributed by atoms with E-state index in [4.69, 9.17) is 0 Å². The van der Waals surface area contributed by atoms with E-state index < -0.39 is 21.1 Å². The van der Waals surface area contributed by atoms with Crippen LogP contribution in [0, 0.1) is 0 Å². The zero-order chi connectivity index (χ0) is 13.4. The molecule has 0 aliphatic rings. The van der Waals surface area contributed by atoms with E-state index in [0.717, 1.165) is 32.1 Å². The SMILES string of the molecule is CCCCCCCCCCS(=O)(=O)C(F)(F)F. The van der Waals surface area contributed by atoms with E-state index in [1.165, 1.54) is 6.42 Å². The third-order valence-electron chi connectivity index (χ3n) is 2.62. The van der Waals surface area contributed by atoms with E-state index in [1.807, 2.05) is 0 Å². The number of halogens is 3. The minimum absolute atomic E-state index is 0.107. The third kappa shape index (κ3) is 7.63. The second kappa shape index (κ2) is 7.95. The highest BCUT2D eigenvalue weighted by atomic mass is 32.2. The lowest BCUT2D eigenvalue weighted by Crippen LogP contribution is -2.26. The van der Waals surface area contributed by atoms with Crippen molar-refractivity contribution in [2.45, 2.75) is 63.8 Å². The number of alkyl halides is 3. The summed E-state index contributed by atoms with van der Waals surface area (Å²) in [4.78, 5) is 0. The molecule has 104 valence electrons. The standard InChI is InChI=1S/C11H21F3O2S/c1-2-3-4-5-6-7-8-9-10-17(15,16)11(12,13)14/h2-10H2,1H3. The van der Waals surface area contributed by atoms with E-state index in [9.17, 15) is 21.6 Å². The molecule has 6 heteroatoms. The highest BCUT2D eigenvalue weighted by Crippen LogP contribution is 2.24. The molecular weight excluding hydrogens is 253 g/mol. The van der Waals surface area contributed by atoms with E-state index in [1.54, 1.807) is 0 Å². The van der Waals surface area contributed by atoms with Gasteiger partial charge in [0.2, 0.25) is 9.84 Å². The van der Waals surface area contributed by atoms with E-state index in [0.29, 0.717) is 6.42 Å². The summed E-state index contributed by atoms with van der Waals surface area (Å²) in [5.74, 6) is -0.772. The summed E-state index contributed by atoms with van der Waals surface area (Å²) in [5.41, 5.74) is -5.09. The molecule has 0 aliphatic carbocycles. The first kappa shape index (κ1) is 16.7. The molecule has 0 saturated carbocycles. The number of hydrogen-bond acceptors (Lipinski definition) is 2. The van der Waals surface area contributed by atoms with Gasteiger partial charge >= 0.3 is 5.51 Å². The smallest absolute Gasteiger partial charge is 0.220 e. The largest absolute Gasteiger partial charge is 0.497 e. The van der Waals surface area contributed by atoms with Gasteiger partial charge in [0.05, 0.1) is 5.75 Å². The fourth-order valence-corrected chi connectivity index (χ4v) is 2.36. The molecule has 0 spiro atoms. The average molecular weight is 274 g/mol. The Kier molecular flexibility index (Phi) is 7.83. The molecule has 0 fully saturated rings. The van der Waals surface area contributed by atoms with Crippen LogP contribution >= 0.6 is 0 Å². The van der Waals surface area contributed by atoms with E-state index >= 15 is 0 Å². The Balaban J connectivity index is 3.53. The van der Waals surface area contributed by atoms with Crippen molar-refractivity contribution in [3.8, 4) is 0 Å². The van der Waals surface area contributed by atoms with Crippen LogP contribution in [0.15, 0.2) is 0 Å². The average Bonchev–Trinajstić information content (AvgIpc) is 2.20. The van der Waals surface area contributed by atoms with Crippen molar-refractivity contribution in [2.75, 3.05) is 5.75 Å². The second-order valence-corrected chi connectivity index (χ2v) is 6.34. The Bertz CT molecular complexity index is 284. The van der Waals surface area contributed by atoms with Crippen molar-refractivity contribution in [3.63, 3.8) is 0 Å². The highest BCUT2D eigenvalue weighted by Gasteiger charge is 2.44. The van der Waals surface area contributed by atoms with Crippen LogP contribution in [0.5, 0.6) is 0 Å². The van der Waals surface area contributed by atoms with Crippen LogP contribution in [0.2, 0.25) is 0 Å². The lowest BCUT2D eigenvalue weighted by molar-refractivity contribution is -0.0435. The fraction of sp³-hybridized carbons (Fsp3) is 1.00. The molecule has 0 radical (unpaired) electrons. The summed E-state index contributed by atoms with van der Waals surface area (Å²) in [6.45, 7) is 2.11. The van der Waals surface area contributed by atoms with Crippen molar-refractivity contribution in [3.05, 3.63) is 0 Å². The maximum Gasteiger partial charge on any atom is 0.497 e. The second-order valence-electron chi connectivity index (χ2n) is 4.24. The molecule has 0 atom stereocenters. The molecule has 0 rings (SSSR count). The summed E-state index contributed by atoms with van der Waals surface area (Å²) >= 11 is 0. The zero-order valence-corrected chi connectivity index (χ0v) is 11.0. The first-order chi connectivity index (χ1) is 7.81. The van der Waals surface area contributed by atoms with Gasteiger partial charge in [0.1, 0.15) is 0 Å². The summed E-state index contributed by atoms with van der Waals surface area (Å²) in [6.07, 6.45) is 7.03. The Morgan fingerprint density at radius 2 is 1.24 bits per heavy atom. The van der Waals surface area contributed by atoms with Gasteiger partial charge in [-0.25, -0.2) is 8.42 Å². The number of unbranched alkanes of at least 4 members (excludes halogenated alkanes) is 7. The van der Waals surface area contributed by atoms with Gasteiger partial charge in [0.25, 0.3) is 0 Å².